The lowest BCUT2D eigenvalue weighted by atomic mass is 9.90. The number of likely N-dealkylation sites (tertiary alicyclic amines) is 1. The number of nitrogens with zero attached hydrogens (tertiary/aromatic N) is 4. The molecule has 0 radical (unpaired) electrons. The van der Waals surface area contributed by atoms with E-state index in [0.717, 1.165) is 41.7 Å². The Morgan fingerprint density at radius 2 is 2.03 bits per heavy atom. The van der Waals surface area contributed by atoms with E-state index in [1.165, 1.54) is 23.3 Å². The Kier molecular flexibility index (Phi) is 5.88. The highest BCUT2D eigenvalue weighted by atomic mass is 32.1. The summed E-state index contributed by atoms with van der Waals surface area (Å²) < 4.78 is 0. The minimum atomic E-state index is -0.364. The summed E-state index contributed by atoms with van der Waals surface area (Å²) in [4.78, 5) is 28.7. The van der Waals surface area contributed by atoms with Gasteiger partial charge in [0.1, 0.15) is 17.0 Å². The van der Waals surface area contributed by atoms with Gasteiger partial charge in [-0.05, 0) is 70.5 Å². The van der Waals surface area contributed by atoms with Crippen molar-refractivity contribution in [2.45, 2.75) is 75.5 Å². The Bertz CT molecular complexity index is 953. The molecule has 1 unspecified atom stereocenters. The highest BCUT2D eigenvalue weighted by Gasteiger charge is 2.34. The summed E-state index contributed by atoms with van der Waals surface area (Å²) in [6.07, 6.45) is 9.28. The zero-order valence-electron chi connectivity index (χ0n) is 18.5. The number of aromatic nitrogens is 2. The standard InChI is InChI=1S/C23H33N5O2S/c1-27(2)16-6-4-15(5-7-16)26-22-21-20-14(11-19(30)28-10-9-17(29)12-28)3-8-18(20)31-23(21)25-13-24-22/h13-17,29H,3-12H2,1-2H3,(H,24,25,26)/t14?,15-,16-,17-/m0/s1. The second kappa shape index (κ2) is 8.64. The molecule has 3 aliphatic rings. The summed E-state index contributed by atoms with van der Waals surface area (Å²) in [6.45, 7) is 1.16. The summed E-state index contributed by atoms with van der Waals surface area (Å²) in [5, 5.41) is 14.7. The van der Waals surface area contributed by atoms with Gasteiger partial charge in [0.2, 0.25) is 5.91 Å². The first kappa shape index (κ1) is 21.1. The fourth-order valence-electron chi connectivity index (χ4n) is 5.62. The minimum Gasteiger partial charge on any atom is -0.391 e. The number of aliphatic hydroxyl groups excluding tert-OH is 1. The molecule has 7 nitrogen and oxygen atoms in total. The predicted molar refractivity (Wildman–Crippen MR) is 124 cm³/mol. The molecule has 1 aliphatic heterocycles. The van der Waals surface area contributed by atoms with Crippen LogP contribution in [-0.4, -0.2) is 76.2 Å². The maximum absolute atomic E-state index is 12.9. The van der Waals surface area contributed by atoms with Gasteiger partial charge in [-0.1, -0.05) is 0 Å². The van der Waals surface area contributed by atoms with Crippen molar-refractivity contribution in [1.82, 2.24) is 19.8 Å². The van der Waals surface area contributed by atoms with Crippen LogP contribution in [0.1, 0.15) is 61.3 Å². The number of amides is 1. The largest absolute Gasteiger partial charge is 0.391 e. The van der Waals surface area contributed by atoms with E-state index in [0.29, 0.717) is 38.0 Å². The van der Waals surface area contributed by atoms with Crippen LogP contribution in [0.4, 0.5) is 5.82 Å². The SMILES string of the molecule is CN(C)[C@H]1CC[C@H](Nc2ncnc3sc4c(c23)C(CC(=O)N2CC[C@H](O)C2)CC4)CC1. The number of fused-ring (bicyclic) bond motifs is 3. The predicted octanol–water partition coefficient (Wildman–Crippen LogP) is 2.99. The summed E-state index contributed by atoms with van der Waals surface area (Å²) >= 11 is 1.77. The van der Waals surface area contributed by atoms with Gasteiger partial charge in [-0.15, -0.1) is 11.3 Å². The lowest BCUT2D eigenvalue weighted by Crippen LogP contribution is -2.36. The van der Waals surface area contributed by atoms with Crippen LogP contribution in [0.3, 0.4) is 0 Å². The highest BCUT2D eigenvalue weighted by molar-refractivity contribution is 7.19. The number of thiophene rings is 1. The third kappa shape index (κ3) is 4.17. The Labute approximate surface area is 187 Å². The third-order valence-corrected chi connectivity index (χ3v) is 8.61. The van der Waals surface area contributed by atoms with Crippen molar-refractivity contribution in [3.05, 3.63) is 16.8 Å². The number of carbonyl (C=O) groups excluding carboxylic acids is 1. The molecular weight excluding hydrogens is 410 g/mol. The minimum absolute atomic E-state index is 0.169. The van der Waals surface area contributed by atoms with Crippen molar-refractivity contribution in [3.8, 4) is 0 Å². The number of rotatable bonds is 5. The van der Waals surface area contributed by atoms with Gasteiger partial charge in [0.05, 0.1) is 11.5 Å². The fraction of sp³-hybridized carbons (Fsp3) is 0.696. The normalized spacial score (nSPS) is 28.5. The van der Waals surface area contributed by atoms with E-state index in [2.05, 4.69) is 34.3 Å². The summed E-state index contributed by atoms with van der Waals surface area (Å²) in [6, 6.07) is 1.12. The van der Waals surface area contributed by atoms with Gasteiger partial charge >= 0.3 is 0 Å². The van der Waals surface area contributed by atoms with Crippen molar-refractivity contribution >= 4 is 33.3 Å². The maximum Gasteiger partial charge on any atom is 0.223 e. The van der Waals surface area contributed by atoms with Crippen LogP contribution >= 0.6 is 11.3 Å². The van der Waals surface area contributed by atoms with Crippen LogP contribution < -0.4 is 5.32 Å². The lowest BCUT2D eigenvalue weighted by Gasteiger charge is -2.33. The zero-order valence-corrected chi connectivity index (χ0v) is 19.3. The molecule has 2 N–H and O–H groups in total. The van der Waals surface area contributed by atoms with Gasteiger partial charge in [-0.25, -0.2) is 9.97 Å². The molecule has 0 aromatic carbocycles. The van der Waals surface area contributed by atoms with E-state index in [1.54, 1.807) is 17.7 Å². The highest BCUT2D eigenvalue weighted by Crippen LogP contribution is 2.47. The number of carbonyl (C=O) groups is 1. The Morgan fingerprint density at radius 1 is 1.23 bits per heavy atom. The van der Waals surface area contributed by atoms with E-state index >= 15 is 0 Å². The van der Waals surface area contributed by atoms with E-state index in [4.69, 9.17) is 0 Å². The number of hydrogen-bond acceptors (Lipinski definition) is 7. The summed E-state index contributed by atoms with van der Waals surface area (Å²) in [5.74, 6) is 1.35. The molecule has 8 heteroatoms. The monoisotopic (exact) mass is 443 g/mol. The van der Waals surface area contributed by atoms with Crippen molar-refractivity contribution in [2.24, 2.45) is 0 Å². The van der Waals surface area contributed by atoms with Gasteiger partial charge in [0.25, 0.3) is 0 Å². The first-order chi connectivity index (χ1) is 15.0. The first-order valence-electron chi connectivity index (χ1n) is 11.6. The van der Waals surface area contributed by atoms with E-state index < -0.39 is 0 Å². The molecule has 1 saturated carbocycles. The molecule has 2 aromatic rings. The van der Waals surface area contributed by atoms with Crippen LogP contribution in [0.2, 0.25) is 0 Å². The molecule has 2 atom stereocenters. The molecular formula is C23H33N5O2S. The van der Waals surface area contributed by atoms with E-state index in [9.17, 15) is 9.90 Å². The molecule has 0 spiro atoms. The molecule has 2 fully saturated rings. The third-order valence-electron chi connectivity index (χ3n) is 7.44. The van der Waals surface area contributed by atoms with Crippen molar-refractivity contribution in [1.29, 1.82) is 0 Å². The molecule has 1 amide bonds. The maximum atomic E-state index is 12.9. The molecule has 3 heterocycles. The first-order valence-corrected chi connectivity index (χ1v) is 12.5. The fourth-order valence-corrected chi connectivity index (χ4v) is 6.86. The molecule has 1 saturated heterocycles. The van der Waals surface area contributed by atoms with Crippen molar-refractivity contribution < 1.29 is 9.90 Å². The van der Waals surface area contributed by atoms with E-state index in [-0.39, 0.29) is 17.9 Å². The Hall–Kier alpha value is -1.77. The van der Waals surface area contributed by atoms with Gasteiger partial charge < -0.3 is 20.2 Å². The number of nitrogens with one attached hydrogen (secondary N) is 1. The number of β-amino-alcohol motifs (C(OH)–C–C–N with tert-alkyl or cyclic N) is 1. The number of anilines is 1. The van der Waals surface area contributed by atoms with Crippen molar-refractivity contribution in [2.75, 3.05) is 32.5 Å². The molecule has 2 aromatic heterocycles. The van der Waals surface area contributed by atoms with Crippen molar-refractivity contribution in [3.63, 3.8) is 0 Å². The average molecular weight is 444 g/mol. The summed E-state index contributed by atoms with van der Waals surface area (Å²) in [7, 11) is 4.34. The second-order valence-corrected chi connectivity index (χ2v) is 10.8. The molecule has 0 bridgehead atoms. The Balaban J connectivity index is 1.35. The van der Waals surface area contributed by atoms with Gasteiger partial charge in [0, 0.05) is 36.5 Å². The molecule has 5 rings (SSSR count). The number of aliphatic hydroxyl groups is 1. The molecule has 2 aliphatic carbocycles. The van der Waals surface area contributed by atoms with Crippen LogP contribution in [0.25, 0.3) is 10.2 Å². The van der Waals surface area contributed by atoms with Gasteiger partial charge in [-0.2, -0.15) is 0 Å². The van der Waals surface area contributed by atoms with Crippen LogP contribution in [0, 0.1) is 0 Å². The van der Waals surface area contributed by atoms with Crippen LogP contribution in [-0.2, 0) is 11.2 Å². The zero-order chi connectivity index (χ0) is 21.5. The van der Waals surface area contributed by atoms with E-state index in [1.807, 2.05) is 4.90 Å². The topological polar surface area (TPSA) is 81.6 Å². The average Bonchev–Trinajstić information content (AvgIpc) is 3.45. The molecule has 168 valence electrons. The van der Waals surface area contributed by atoms with Crippen LogP contribution in [0.5, 0.6) is 0 Å². The van der Waals surface area contributed by atoms with Gasteiger partial charge in [-0.3, -0.25) is 4.79 Å². The number of aryl methyl sites for hydroxylation is 1. The smallest absolute Gasteiger partial charge is 0.223 e. The van der Waals surface area contributed by atoms with Gasteiger partial charge in [0.15, 0.2) is 0 Å². The van der Waals surface area contributed by atoms with Crippen LogP contribution in [0.15, 0.2) is 6.33 Å². The number of hydrogen-bond donors (Lipinski definition) is 2. The Morgan fingerprint density at radius 3 is 2.74 bits per heavy atom. The summed E-state index contributed by atoms with van der Waals surface area (Å²) in [5.41, 5.74) is 1.30. The molecule has 31 heavy (non-hydrogen) atoms. The lowest BCUT2D eigenvalue weighted by molar-refractivity contribution is -0.130. The second-order valence-electron chi connectivity index (χ2n) is 9.68. The quantitative estimate of drug-likeness (QED) is 0.739.